The van der Waals surface area contributed by atoms with Gasteiger partial charge in [-0.25, -0.2) is 0 Å². The lowest BCUT2D eigenvalue weighted by atomic mass is 10.3. The molecule has 1 aromatic heterocycles. The molecular formula is C9H7ClN2OS2. The van der Waals surface area contributed by atoms with Gasteiger partial charge in [-0.1, -0.05) is 35.5 Å². The lowest BCUT2D eigenvalue weighted by Crippen LogP contribution is -1.85. The van der Waals surface area contributed by atoms with Crippen LogP contribution in [0.25, 0.3) is 0 Å². The van der Waals surface area contributed by atoms with E-state index in [2.05, 4.69) is 8.75 Å². The number of aromatic nitrogens is 2. The van der Waals surface area contributed by atoms with Crippen LogP contribution in [-0.4, -0.2) is 15.9 Å². The molecule has 0 saturated carbocycles. The summed E-state index contributed by atoms with van der Waals surface area (Å²) < 4.78 is 13.2. The Morgan fingerprint density at radius 2 is 2.13 bits per heavy atom. The first-order valence-corrected chi connectivity index (χ1v) is 6.02. The lowest BCUT2D eigenvalue weighted by Gasteiger charge is -2.05. The molecule has 2 aromatic rings. The maximum Gasteiger partial charge on any atom is 0.177 e. The third-order valence-corrected chi connectivity index (χ3v) is 3.85. The highest BCUT2D eigenvalue weighted by atomic mass is 35.5. The van der Waals surface area contributed by atoms with Gasteiger partial charge >= 0.3 is 0 Å². The monoisotopic (exact) mass is 258 g/mol. The number of hydrogen-bond donors (Lipinski definition) is 0. The minimum Gasteiger partial charge on any atom is -0.496 e. The van der Waals surface area contributed by atoms with Gasteiger partial charge in [-0.2, -0.15) is 8.75 Å². The molecule has 0 atom stereocenters. The van der Waals surface area contributed by atoms with E-state index in [1.165, 1.54) is 11.8 Å². The molecule has 0 fully saturated rings. The van der Waals surface area contributed by atoms with Gasteiger partial charge in [-0.3, -0.25) is 0 Å². The quantitative estimate of drug-likeness (QED) is 0.846. The molecule has 2 rings (SSSR count). The SMILES string of the molecule is COc1ccccc1Sc1nsnc1Cl. The molecule has 0 N–H and O–H groups in total. The summed E-state index contributed by atoms with van der Waals surface area (Å²) in [6, 6.07) is 7.72. The van der Waals surface area contributed by atoms with E-state index in [1.807, 2.05) is 24.3 Å². The van der Waals surface area contributed by atoms with E-state index >= 15 is 0 Å². The number of halogens is 1. The normalized spacial score (nSPS) is 10.3. The molecule has 78 valence electrons. The van der Waals surface area contributed by atoms with Crippen LogP contribution in [0.4, 0.5) is 0 Å². The van der Waals surface area contributed by atoms with Crippen LogP contribution in [0.15, 0.2) is 34.2 Å². The molecule has 0 aliphatic heterocycles. The summed E-state index contributed by atoms with van der Waals surface area (Å²) in [5.41, 5.74) is 0. The number of rotatable bonds is 3. The average molecular weight is 259 g/mol. The summed E-state index contributed by atoms with van der Waals surface area (Å²) in [7, 11) is 1.64. The fourth-order valence-corrected chi connectivity index (χ4v) is 2.74. The van der Waals surface area contributed by atoms with E-state index in [4.69, 9.17) is 16.3 Å². The Kier molecular flexibility index (Phi) is 3.45. The minimum absolute atomic E-state index is 0.441. The Bertz CT molecular complexity index is 461. The smallest absolute Gasteiger partial charge is 0.177 e. The molecule has 15 heavy (non-hydrogen) atoms. The molecule has 1 heterocycles. The van der Waals surface area contributed by atoms with Gasteiger partial charge in [0.15, 0.2) is 10.2 Å². The van der Waals surface area contributed by atoms with Crippen LogP contribution >= 0.6 is 35.1 Å². The third kappa shape index (κ3) is 2.42. The summed E-state index contributed by atoms with van der Waals surface area (Å²) in [5, 5.41) is 1.15. The Balaban J connectivity index is 2.28. The predicted octanol–water partition coefficient (Wildman–Crippen LogP) is 3.35. The molecule has 1 aromatic carbocycles. The van der Waals surface area contributed by atoms with Crippen molar-refractivity contribution in [1.29, 1.82) is 0 Å². The fraction of sp³-hybridized carbons (Fsp3) is 0.111. The van der Waals surface area contributed by atoms with E-state index in [0.717, 1.165) is 22.4 Å². The van der Waals surface area contributed by atoms with Crippen molar-refractivity contribution in [3.63, 3.8) is 0 Å². The second kappa shape index (κ2) is 4.83. The first-order chi connectivity index (χ1) is 7.31. The van der Waals surface area contributed by atoms with E-state index in [1.54, 1.807) is 7.11 Å². The van der Waals surface area contributed by atoms with Gasteiger partial charge in [0.1, 0.15) is 5.75 Å². The third-order valence-electron chi connectivity index (χ3n) is 1.70. The predicted molar refractivity (Wildman–Crippen MR) is 62.0 cm³/mol. The highest BCUT2D eigenvalue weighted by Crippen LogP contribution is 2.36. The summed E-state index contributed by atoms with van der Waals surface area (Å²) in [6.45, 7) is 0. The van der Waals surface area contributed by atoms with Crippen LogP contribution in [0, 0.1) is 0 Å². The van der Waals surface area contributed by atoms with Crippen LogP contribution in [0.1, 0.15) is 0 Å². The van der Waals surface area contributed by atoms with Crippen LogP contribution in [-0.2, 0) is 0 Å². The molecule has 0 radical (unpaired) electrons. The van der Waals surface area contributed by atoms with Gasteiger partial charge in [0.05, 0.1) is 23.7 Å². The maximum absolute atomic E-state index is 5.86. The zero-order chi connectivity index (χ0) is 10.7. The highest BCUT2D eigenvalue weighted by molar-refractivity contribution is 7.99. The molecule has 0 spiro atoms. The standard InChI is InChI=1S/C9H7ClN2OS2/c1-13-6-4-2-3-5-7(6)14-9-8(10)11-15-12-9/h2-5H,1H3. The molecule has 0 unspecified atom stereocenters. The largest absolute Gasteiger partial charge is 0.496 e. The summed E-state index contributed by atoms with van der Waals surface area (Å²) in [4.78, 5) is 0.981. The van der Waals surface area contributed by atoms with Crippen molar-refractivity contribution in [2.24, 2.45) is 0 Å². The highest BCUT2D eigenvalue weighted by Gasteiger charge is 2.10. The average Bonchev–Trinajstić information content (AvgIpc) is 2.65. The van der Waals surface area contributed by atoms with Crippen LogP contribution < -0.4 is 4.74 Å². The van der Waals surface area contributed by atoms with E-state index in [-0.39, 0.29) is 0 Å². The van der Waals surface area contributed by atoms with Gasteiger partial charge < -0.3 is 4.74 Å². The fourth-order valence-electron chi connectivity index (χ4n) is 1.04. The zero-order valence-electron chi connectivity index (χ0n) is 7.81. The zero-order valence-corrected chi connectivity index (χ0v) is 10.2. The first-order valence-electron chi connectivity index (χ1n) is 4.10. The number of nitrogens with zero attached hydrogens (tertiary/aromatic N) is 2. The number of para-hydroxylation sites is 1. The van der Waals surface area contributed by atoms with Crippen molar-refractivity contribution in [3.05, 3.63) is 29.4 Å². The molecule has 0 amide bonds. The maximum atomic E-state index is 5.86. The van der Waals surface area contributed by atoms with Crippen molar-refractivity contribution in [2.45, 2.75) is 9.92 Å². The number of ether oxygens (including phenoxy) is 1. The summed E-state index contributed by atoms with van der Waals surface area (Å²) >= 11 is 8.42. The molecule has 0 bridgehead atoms. The molecule has 3 nitrogen and oxygen atoms in total. The second-order valence-electron chi connectivity index (χ2n) is 2.61. The number of hydrogen-bond acceptors (Lipinski definition) is 5. The van der Waals surface area contributed by atoms with Crippen LogP contribution in [0.5, 0.6) is 5.75 Å². The van der Waals surface area contributed by atoms with Crippen LogP contribution in [0.3, 0.4) is 0 Å². The Morgan fingerprint density at radius 3 is 2.80 bits per heavy atom. The molecular weight excluding hydrogens is 252 g/mol. The van der Waals surface area contributed by atoms with Crippen molar-refractivity contribution < 1.29 is 4.74 Å². The summed E-state index contributed by atoms with van der Waals surface area (Å²) in [5.74, 6) is 0.812. The lowest BCUT2D eigenvalue weighted by molar-refractivity contribution is 0.405. The van der Waals surface area contributed by atoms with Crippen LogP contribution in [0.2, 0.25) is 5.15 Å². The summed E-state index contributed by atoms with van der Waals surface area (Å²) in [6.07, 6.45) is 0. The van der Waals surface area contributed by atoms with E-state index in [9.17, 15) is 0 Å². The van der Waals surface area contributed by atoms with E-state index in [0.29, 0.717) is 10.2 Å². The Labute approximate surface area is 101 Å². The van der Waals surface area contributed by atoms with Crippen molar-refractivity contribution in [1.82, 2.24) is 8.75 Å². The Hall–Kier alpha value is -0.780. The minimum atomic E-state index is 0.441. The van der Waals surface area contributed by atoms with Crippen molar-refractivity contribution in [3.8, 4) is 5.75 Å². The topological polar surface area (TPSA) is 35.0 Å². The van der Waals surface area contributed by atoms with Gasteiger partial charge in [0.25, 0.3) is 0 Å². The molecule has 0 saturated heterocycles. The van der Waals surface area contributed by atoms with E-state index < -0.39 is 0 Å². The molecule has 6 heteroatoms. The molecule has 0 aliphatic rings. The van der Waals surface area contributed by atoms with Gasteiger partial charge in [-0.05, 0) is 12.1 Å². The first kappa shape index (κ1) is 10.7. The van der Waals surface area contributed by atoms with Gasteiger partial charge in [0, 0.05) is 0 Å². The van der Waals surface area contributed by atoms with Crippen molar-refractivity contribution in [2.75, 3.05) is 7.11 Å². The van der Waals surface area contributed by atoms with Gasteiger partial charge in [0.2, 0.25) is 0 Å². The van der Waals surface area contributed by atoms with Crippen molar-refractivity contribution >= 4 is 35.1 Å². The van der Waals surface area contributed by atoms with Gasteiger partial charge in [-0.15, -0.1) is 0 Å². The number of methoxy groups -OCH3 is 1. The number of benzene rings is 1. The second-order valence-corrected chi connectivity index (χ2v) is 4.53. The Morgan fingerprint density at radius 1 is 1.33 bits per heavy atom. The molecule has 0 aliphatic carbocycles.